The van der Waals surface area contributed by atoms with Gasteiger partial charge in [-0.15, -0.1) is 0 Å². The van der Waals surface area contributed by atoms with Crippen molar-refractivity contribution in [3.05, 3.63) is 41.1 Å². The molecule has 1 aliphatic heterocycles. The average molecular weight is 241 g/mol. The van der Waals surface area contributed by atoms with Gasteiger partial charge in [-0.3, -0.25) is 9.69 Å². The second kappa shape index (κ2) is 4.72. The topological polar surface area (TPSA) is 73.2 Å². The molecule has 0 atom stereocenters. The van der Waals surface area contributed by atoms with Crippen molar-refractivity contribution in [2.24, 2.45) is 0 Å². The Morgan fingerprint density at radius 2 is 2.00 bits per heavy atom. The second-order valence-electron chi connectivity index (χ2n) is 3.77. The summed E-state index contributed by atoms with van der Waals surface area (Å²) in [5, 5.41) is 11.2. The molecule has 0 aliphatic carbocycles. The number of nitrogens with zero attached hydrogens (tertiary/aromatic N) is 2. The summed E-state index contributed by atoms with van der Waals surface area (Å²) in [6.07, 6.45) is 1.59. The molecule has 0 spiro atoms. The molecule has 2 rings (SSSR count). The Balaban J connectivity index is 2.26. The predicted octanol–water partition coefficient (Wildman–Crippen LogP) is 1.47. The van der Waals surface area contributed by atoms with E-state index in [0.717, 1.165) is 10.5 Å². The molecule has 1 heterocycles. The maximum atomic E-state index is 11.8. The summed E-state index contributed by atoms with van der Waals surface area (Å²) in [7, 11) is 0. The summed E-state index contributed by atoms with van der Waals surface area (Å²) in [5.74, 6) is -0.327. The van der Waals surface area contributed by atoms with Crippen LogP contribution in [0.4, 0.5) is 4.79 Å². The minimum atomic E-state index is -0.401. The quantitative estimate of drug-likeness (QED) is 0.629. The minimum Gasteiger partial charge on any atom is -0.303 e. The fourth-order valence-electron chi connectivity index (χ4n) is 1.68. The number of likely N-dealkylation sites (N-methyl/N-ethyl adjacent to an activating group) is 1. The van der Waals surface area contributed by atoms with Crippen LogP contribution < -0.4 is 5.32 Å². The van der Waals surface area contributed by atoms with E-state index < -0.39 is 6.03 Å². The highest BCUT2D eigenvalue weighted by molar-refractivity contribution is 6.13. The number of urea groups is 1. The molecule has 0 aromatic heterocycles. The lowest BCUT2D eigenvalue weighted by atomic mass is 10.1. The van der Waals surface area contributed by atoms with Crippen LogP contribution in [0.1, 0.15) is 18.1 Å². The zero-order valence-corrected chi connectivity index (χ0v) is 9.80. The molecule has 0 saturated carbocycles. The van der Waals surface area contributed by atoms with E-state index >= 15 is 0 Å². The average Bonchev–Trinajstić information content (AvgIpc) is 2.65. The maximum Gasteiger partial charge on any atom is 0.328 e. The first-order chi connectivity index (χ1) is 8.65. The van der Waals surface area contributed by atoms with Crippen molar-refractivity contribution in [2.75, 3.05) is 6.54 Å². The van der Waals surface area contributed by atoms with Crippen molar-refractivity contribution in [3.8, 4) is 6.07 Å². The Morgan fingerprint density at radius 3 is 2.50 bits per heavy atom. The van der Waals surface area contributed by atoms with E-state index in [2.05, 4.69) is 5.32 Å². The van der Waals surface area contributed by atoms with Gasteiger partial charge in [0.2, 0.25) is 0 Å². The van der Waals surface area contributed by atoms with Crippen molar-refractivity contribution < 1.29 is 9.59 Å². The van der Waals surface area contributed by atoms with Gasteiger partial charge in [0.15, 0.2) is 0 Å². The first-order valence-corrected chi connectivity index (χ1v) is 5.50. The minimum absolute atomic E-state index is 0.256. The number of benzene rings is 1. The molecule has 5 heteroatoms. The third-order valence-corrected chi connectivity index (χ3v) is 2.63. The highest BCUT2D eigenvalue weighted by atomic mass is 16.2. The van der Waals surface area contributed by atoms with Crippen LogP contribution in [0, 0.1) is 11.3 Å². The fraction of sp³-hybridized carbons (Fsp3) is 0.154. The molecule has 0 unspecified atom stereocenters. The van der Waals surface area contributed by atoms with Gasteiger partial charge in [0.1, 0.15) is 5.70 Å². The van der Waals surface area contributed by atoms with Crippen molar-refractivity contribution in [2.45, 2.75) is 6.92 Å². The molecule has 18 heavy (non-hydrogen) atoms. The number of imide groups is 1. The summed E-state index contributed by atoms with van der Waals surface area (Å²) in [6.45, 7) is 2.08. The van der Waals surface area contributed by atoms with Crippen LogP contribution in [-0.4, -0.2) is 23.4 Å². The van der Waals surface area contributed by atoms with E-state index in [4.69, 9.17) is 5.26 Å². The van der Waals surface area contributed by atoms with Crippen LogP contribution in [0.25, 0.3) is 6.08 Å². The number of carbonyl (C=O) groups is 2. The van der Waals surface area contributed by atoms with E-state index in [1.54, 1.807) is 37.3 Å². The third kappa shape index (κ3) is 2.09. The molecule has 3 amide bonds. The summed E-state index contributed by atoms with van der Waals surface area (Å²) in [5.41, 5.74) is 1.57. The molecule has 1 fully saturated rings. The zero-order chi connectivity index (χ0) is 13.1. The Morgan fingerprint density at radius 1 is 1.33 bits per heavy atom. The molecule has 1 aliphatic rings. The van der Waals surface area contributed by atoms with E-state index in [0.29, 0.717) is 12.1 Å². The fourth-order valence-corrected chi connectivity index (χ4v) is 1.68. The molecular weight excluding hydrogens is 230 g/mol. The first kappa shape index (κ1) is 11.9. The number of rotatable bonds is 2. The predicted molar refractivity (Wildman–Crippen MR) is 65.1 cm³/mol. The number of nitrogens with one attached hydrogen (secondary N) is 1. The molecule has 1 N–H and O–H groups in total. The number of nitriles is 1. The number of amides is 3. The van der Waals surface area contributed by atoms with Gasteiger partial charge >= 0.3 is 6.03 Å². The molecule has 1 saturated heterocycles. The Hall–Kier alpha value is -2.61. The van der Waals surface area contributed by atoms with E-state index in [1.165, 1.54) is 0 Å². The Labute approximate surface area is 104 Å². The number of hydrogen-bond donors (Lipinski definition) is 1. The van der Waals surface area contributed by atoms with Crippen LogP contribution in [0.15, 0.2) is 30.0 Å². The van der Waals surface area contributed by atoms with Crippen LogP contribution in [-0.2, 0) is 4.79 Å². The van der Waals surface area contributed by atoms with Gasteiger partial charge in [-0.25, -0.2) is 4.79 Å². The summed E-state index contributed by atoms with van der Waals surface area (Å²) in [6, 6.07) is 8.37. The summed E-state index contributed by atoms with van der Waals surface area (Å²) >= 11 is 0. The molecule has 90 valence electrons. The standard InChI is InChI=1S/C13H11N3O2/c1-2-16-12(17)11(15-13(16)18)7-9-3-5-10(8-14)6-4-9/h3-7H,2H2,1H3,(H,15,18). The van der Waals surface area contributed by atoms with Crippen molar-refractivity contribution in [1.82, 2.24) is 10.2 Å². The van der Waals surface area contributed by atoms with Gasteiger partial charge in [-0.2, -0.15) is 5.26 Å². The summed E-state index contributed by atoms with van der Waals surface area (Å²) in [4.78, 5) is 24.4. The molecular formula is C13H11N3O2. The van der Waals surface area contributed by atoms with Crippen LogP contribution >= 0.6 is 0 Å². The first-order valence-electron chi connectivity index (χ1n) is 5.50. The molecule has 0 bridgehead atoms. The normalized spacial score (nSPS) is 16.9. The highest BCUT2D eigenvalue weighted by Crippen LogP contribution is 2.14. The van der Waals surface area contributed by atoms with Crippen LogP contribution in [0.5, 0.6) is 0 Å². The maximum absolute atomic E-state index is 11.8. The van der Waals surface area contributed by atoms with Gasteiger partial charge in [-0.1, -0.05) is 12.1 Å². The SMILES string of the molecule is CCN1C(=O)NC(=Cc2ccc(C#N)cc2)C1=O. The third-order valence-electron chi connectivity index (χ3n) is 2.63. The zero-order valence-electron chi connectivity index (χ0n) is 9.80. The molecule has 1 aromatic carbocycles. The van der Waals surface area contributed by atoms with E-state index in [1.807, 2.05) is 6.07 Å². The monoisotopic (exact) mass is 241 g/mol. The van der Waals surface area contributed by atoms with Gasteiger partial charge in [0, 0.05) is 6.54 Å². The van der Waals surface area contributed by atoms with E-state index in [-0.39, 0.29) is 11.6 Å². The number of hydrogen-bond acceptors (Lipinski definition) is 3. The lowest BCUT2D eigenvalue weighted by molar-refractivity contribution is -0.122. The van der Waals surface area contributed by atoms with Gasteiger partial charge in [-0.05, 0) is 30.7 Å². The van der Waals surface area contributed by atoms with Gasteiger partial charge in [0.25, 0.3) is 5.91 Å². The van der Waals surface area contributed by atoms with Crippen molar-refractivity contribution in [3.63, 3.8) is 0 Å². The van der Waals surface area contributed by atoms with Crippen LogP contribution in [0.2, 0.25) is 0 Å². The van der Waals surface area contributed by atoms with Crippen molar-refractivity contribution in [1.29, 1.82) is 5.26 Å². The Kier molecular flexibility index (Phi) is 3.11. The molecule has 0 radical (unpaired) electrons. The smallest absolute Gasteiger partial charge is 0.303 e. The van der Waals surface area contributed by atoms with Gasteiger partial charge in [0.05, 0.1) is 11.6 Å². The number of carbonyl (C=O) groups excluding carboxylic acids is 2. The second-order valence-corrected chi connectivity index (χ2v) is 3.77. The largest absolute Gasteiger partial charge is 0.328 e. The summed E-state index contributed by atoms with van der Waals surface area (Å²) < 4.78 is 0. The highest BCUT2D eigenvalue weighted by Gasteiger charge is 2.31. The molecule has 1 aromatic rings. The lowest BCUT2D eigenvalue weighted by Crippen LogP contribution is -2.30. The lowest BCUT2D eigenvalue weighted by Gasteiger charge is -2.05. The van der Waals surface area contributed by atoms with Crippen LogP contribution in [0.3, 0.4) is 0 Å². The van der Waals surface area contributed by atoms with E-state index in [9.17, 15) is 9.59 Å². The molecule has 5 nitrogen and oxygen atoms in total. The van der Waals surface area contributed by atoms with Crippen molar-refractivity contribution >= 4 is 18.0 Å². The van der Waals surface area contributed by atoms with Gasteiger partial charge < -0.3 is 5.32 Å². The Bertz CT molecular complexity index is 567.